The molecule has 114 valence electrons. The molecule has 1 saturated heterocycles. The first-order valence-electron chi connectivity index (χ1n) is 6.99. The molecule has 2 N–H and O–H groups in total. The number of H-pyrrole nitrogens is 1. The number of fused-ring (bicyclic) bond motifs is 1. The molecule has 3 rings (SSSR count). The summed E-state index contributed by atoms with van der Waals surface area (Å²) in [5, 5.41) is 10.8. The van der Waals surface area contributed by atoms with Crippen molar-refractivity contribution in [3.63, 3.8) is 0 Å². The molecule has 2 aromatic heterocycles. The molecular formula is C12H18N6O2S. The van der Waals surface area contributed by atoms with E-state index in [1.54, 1.807) is 6.20 Å². The van der Waals surface area contributed by atoms with Gasteiger partial charge in [0.2, 0.25) is 5.95 Å². The molecule has 1 aliphatic rings. The number of hydrogen-bond donors (Lipinski definition) is 2. The molecule has 2 aromatic rings. The van der Waals surface area contributed by atoms with Crippen LogP contribution in [0, 0.1) is 0 Å². The zero-order valence-electron chi connectivity index (χ0n) is 11.8. The molecule has 0 bridgehead atoms. The van der Waals surface area contributed by atoms with Gasteiger partial charge in [-0.15, -0.1) is 0 Å². The first kappa shape index (κ1) is 14.1. The van der Waals surface area contributed by atoms with E-state index in [4.69, 9.17) is 0 Å². The summed E-state index contributed by atoms with van der Waals surface area (Å²) in [6.45, 7) is 3.80. The largest absolute Gasteiger partial charge is 0.355 e. The Morgan fingerprint density at radius 1 is 1.33 bits per heavy atom. The van der Waals surface area contributed by atoms with Gasteiger partial charge in [-0.1, -0.05) is 0 Å². The molecule has 0 radical (unpaired) electrons. The van der Waals surface area contributed by atoms with E-state index >= 15 is 0 Å². The fraction of sp³-hybridized carbons (Fsp3) is 0.583. The second kappa shape index (κ2) is 5.47. The van der Waals surface area contributed by atoms with Crippen LogP contribution in [-0.4, -0.2) is 59.7 Å². The number of nitrogens with one attached hydrogen (secondary N) is 2. The quantitative estimate of drug-likeness (QED) is 0.846. The number of hydrogen-bond acceptors (Lipinski definition) is 7. The normalized spacial score (nSPS) is 18.6. The van der Waals surface area contributed by atoms with E-state index in [1.165, 1.54) is 0 Å². The highest BCUT2D eigenvalue weighted by molar-refractivity contribution is 7.91. The Labute approximate surface area is 122 Å². The second-order valence-electron chi connectivity index (χ2n) is 5.03. The van der Waals surface area contributed by atoms with Gasteiger partial charge >= 0.3 is 0 Å². The summed E-state index contributed by atoms with van der Waals surface area (Å²) in [5.41, 5.74) is 0.656. The zero-order valence-corrected chi connectivity index (χ0v) is 12.7. The Kier molecular flexibility index (Phi) is 3.66. The minimum absolute atomic E-state index is 0.160. The molecule has 8 nitrogen and oxygen atoms in total. The van der Waals surface area contributed by atoms with E-state index in [2.05, 4.69) is 25.5 Å². The summed E-state index contributed by atoms with van der Waals surface area (Å²) in [6, 6.07) is 0. The van der Waals surface area contributed by atoms with Crippen molar-refractivity contribution in [2.45, 2.75) is 13.3 Å². The van der Waals surface area contributed by atoms with Crippen molar-refractivity contribution in [2.24, 2.45) is 0 Å². The first-order chi connectivity index (χ1) is 10.1. The van der Waals surface area contributed by atoms with Crippen molar-refractivity contribution in [3.05, 3.63) is 6.20 Å². The van der Waals surface area contributed by atoms with Crippen molar-refractivity contribution in [1.29, 1.82) is 0 Å². The van der Waals surface area contributed by atoms with Gasteiger partial charge in [0.25, 0.3) is 0 Å². The number of rotatable bonds is 3. The van der Waals surface area contributed by atoms with Crippen LogP contribution in [0.2, 0.25) is 0 Å². The van der Waals surface area contributed by atoms with Crippen molar-refractivity contribution >= 4 is 32.6 Å². The van der Waals surface area contributed by atoms with Crippen LogP contribution in [0.15, 0.2) is 6.20 Å². The molecule has 0 atom stereocenters. The Morgan fingerprint density at radius 2 is 2.19 bits per heavy atom. The third-order valence-electron chi connectivity index (χ3n) is 3.48. The SMILES string of the molecule is CCNc1nc(N2CCCS(=O)(=O)CC2)c2cn[nH]c2n1. The predicted molar refractivity (Wildman–Crippen MR) is 81.3 cm³/mol. The molecule has 21 heavy (non-hydrogen) atoms. The monoisotopic (exact) mass is 310 g/mol. The highest BCUT2D eigenvalue weighted by Crippen LogP contribution is 2.25. The molecule has 0 aromatic carbocycles. The van der Waals surface area contributed by atoms with Crippen LogP contribution in [-0.2, 0) is 9.84 Å². The lowest BCUT2D eigenvalue weighted by Gasteiger charge is -2.21. The van der Waals surface area contributed by atoms with Crippen LogP contribution in [0.5, 0.6) is 0 Å². The Morgan fingerprint density at radius 3 is 3.00 bits per heavy atom. The maximum Gasteiger partial charge on any atom is 0.226 e. The predicted octanol–water partition coefficient (Wildman–Crippen LogP) is 0.410. The third-order valence-corrected chi connectivity index (χ3v) is 5.19. The summed E-state index contributed by atoms with van der Waals surface area (Å²) in [6.07, 6.45) is 2.29. The minimum Gasteiger partial charge on any atom is -0.355 e. The van der Waals surface area contributed by atoms with Gasteiger partial charge < -0.3 is 10.2 Å². The van der Waals surface area contributed by atoms with E-state index in [1.807, 2.05) is 11.8 Å². The number of anilines is 2. The van der Waals surface area contributed by atoms with Gasteiger partial charge in [-0.25, -0.2) is 8.42 Å². The molecule has 1 aliphatic heterocycles. The van der Waals surface area contributed by atoms with Crippen LogP contribution in [0.4, 0.5) is 11.8 Å². The fourth-order valence-electron chi connectivity index (χ4n) is 2.45. The Bertz CT molecular complexity index is 741. The van der Waals surface area contributed by atoms with Gasteiger partial charge in [-0.05, 0) is 13.3 Å². The Hall–Kier alpha value is -1.90. The average Bonchev–Trinajstić information content (AvgIpc) is 2.83. The highest BCUT2D eigenvalue weighted by Gasteiger charge is 2.22. The van der Waals surface area contributed by atoms with Crippen molar-refractivity contribution < 1.29 is 8.42 Å². The van der Waals surface area contributed by atoms with Crippen molar-refractivity contribution in [2.75, 3.05) is 41.4 Å². The standard InChI is InChI=1S/C12H18N6O2S/c1-2-13-12-15-10-9(8-14-17-10)11(16-12)18-4-3-6-21(19,20)7-5-18/h8H,2-7H2,1H3,(H2,13,14,15,16,17). The van der Waals surface area contributed by atoms with Gasteiger partial charge in [0.15, 0.2) is 15.5 Å². The van der Waals surface area contributed by atoms with E-state index < -0.39 is 9.84 Å². The van der Waals surface area contributed by atoms with E-state index in [0.717, 1.165) is 11.2 Å². The highest BCUT2D eigenvalue weighted by atomic mass is 32.2. The molecule has 0 spiro atoms. The van der Waals surface area contributed by atoms with Crippen LogP contribution in [0.3, 0.4) is 0 Å². The van der Waals surface area contributed by atoms with Crippen LogP contribution in [0.1, 0.15) is 13.3 Å². The maximum atomic E-state index is 11.7. The van der Waals surface area contributed by atoms with E-state index in [-0.39, 0.29) is 11.5 Å². The van der Waals surface area contributed by atoms with E-state index in [9.17, 15) is 8.42 Å². The molecule has 0 unspecified atom stereocenters. The number of nitrogens with zero attached hydrogens (tertiary/aromatic N) is 4. The van der Waals surface area contributed by atoms with Gasteiger partial charge in [0.05, 0.1) is 23.1 Å². The topological polar surface area (TPSA) is 104 Å². The number of aromatic amines is 1. The minimum atomic E-state index is -2.94. The molecule has 1 fully saturated rings. The van der Waals surface area contributed by atoms with Crippen LogP contribution < -0.4 is 10.2 Å². The summed E-state index contributed by atoms with van der Waals surface area (Å²) in [5.74, 6) is 1.66. The van der Waals surface area contributed by atoms with Gasteiger partial charge in [0, 0.05) is 19.6 Å². The lowest BCUT2D eigenvalue weighted by molar-refractivity contribution is 0.597. The molecule has 3 heterocycles. The fourth-order valence-corrected chi connectivity index (χ4v) is 3.72. The lowest BCUT2D eigenvalue weighted by atomic mass is 10.3. The number of sulfone groups is 1. The van der Waals surface area contributed by atoms with E-state index in [0.29, 0.717) is 37.7 Å². The summed E-state index contributed by atoms with van der Waals surface area (Å²) in [7, 11) is -2.94. The van der Waals surface area contributed by atoms with Crippen molar-refractivity contribution in [1.82, 2.24) is 20.2 Å². The van der Waals surface area contributed by atoms with Crippen LogP contribution in [0.25, 0.3) is 11.0 Å². The molecule has 9 heteroatoms. The first-order valence-corrected chi connectivity index (χ1v) is 8.81. The third kappa shape index (κ3) is 2.92. The van der Waals surface area contributed by atoms with Crippen LogP contribution >= 0.6 is 0 Å². The smallest absolute Gasteiger partial charge is 0.226 e. The average molecular weight is 310 g/mol. The van der Waals surface area contributed by atoms with Crippen molar-refractivity contribution in [3.8, 4) is 0 Å². The summed E-state index contributed by atoms with van der Waals surface area (Å²) in [4.78, 5) is 10.9. The summed E-state index contributed by atoms with van der Waals surface area (Å²) >= 11 is 0. The Balaban J connectivity index is 2.00. The van der Waals surface area contributed by atoms with Gasteiger partial charge in [-0.3, -0.25) is 5.10 Å². The molecule has 0 saturated carbocycles. The van der Waals surface area contributed by atoms with Gasteiger partial charge in [-0.2, -0.15) is 15.1 Å². The lowest BCUT2D eigenvalue weighted by Crippen LogP contribution is -2.28. The summed E-state index contributed by atoms with van der Waals surface area (Å²) < 4.78 is 23.5. The molecule has 0 aliphatic carbocycles. The second-order valence-corrected chi connectivity index (χ2v) is 7.33. The zero-order chi connectivity index (χ0) is 14.9. The van der Waals surface area contributed by atoms with Gasteiger partial charge in [0.1, 0.15) is 5.82 Å². The molecular weight excluding hydrogens is 292 g/mol. The molecule has 0 amide bonds. The number of aromatic nitrogens is 4. The maximum absolute atomic E-state index is 11.7.